The molecule has 0 aromatic carbocycles. The molecule has 0 saturated carbocycles. The molecule has 0 N–H and O–H groups in total. The first-order valence-corrected chi connectivity index (χ1v) is 5.57. The molecule has 1 heterocycles. The second-order valence-electron chi connectivity index (χ2n) is 4.33. The topological polar surface area (TPSA) is 60.4 Å². The zero-order chi connectivity index (χ0) is 11.3. The second kappa shape index (κ2) is 5.73. The number of amides is 1. The van der Waals surface area contributed by atoms with Gasteiger partial charge in [0.25, 0.3) is 0 Å². The third-order valence-electron chi connectivity index (χ3n) is 2.75. The van der Waals surface area contributed by atoms with Gasteiger partial charge in [-0.05, 0) is 31.6 Å². The Morgan fingerprint density at radius 1 is 1.20 bits per heavy atom. The van der Waals surface area contributed by atoms with Gasteiger partial charge in [0, 0.05) is 25.5 Å². The molecule has 0 unspecified atom stereocenters. The lowest BCUT2D eigenvalue weighted by Gasteiger charge is -2.27. The third kappa shape index (κ3) is 4.32. The standard InChI is InChI=1S/C11H19NO3/c1-9(8-11(14)15)7-10(13)12-5-3-2-4-6-12/h9H,2-8H2,1H3,(H,14,15)/p-1/t9-/m1/s1. The molecule has 4 heteroatoms. The Hall–Kier alpha value is -1.06. The number of nitrogens with zero attached hydrogens (tertiary/aromatic N) is 1. The summed E-state index contributed by atoms with van der Waals surface area (Å²) in [4.78, 5) is 23.9. The summed E-state index contributed by atoms with van der Waals surface area (Å²) < 4.78 is 0. The van der Waals surface area contributed by atoms with E-state index in [0.717, 1.165) is 25.9 Å². The average molecular weight is 212 g/mol. The molecular weight excluding hydrogens is 194 g/mol. The summed E-state index contributed by atoms with van der Waals surface area (Å²) in [5, 5.41) is 10.3. The van der Waals surface area contributed by atoms with E-state index in [0.29, 0.717) is 6.42 Å². The Morgan fingerprint density at radius 3 is 2.33 bits per heavy atom. The fourth-order valence-corrected chi connectivity index (χ4v) is 1.93. The highest BCUT2D eigenvalue weighted by Gasteiger charge is 2.18. The lowest BCUT2D eigenvalue weighted by Crippen LogP contribution is -2.37. The van der Waals surface area contributed by atoms with Crippen molar-refractivity contribution < 1.29 is 14.7 Å². The molecule has 86 valence electrons. The predicted molar refractivity (Wildman–Crippen MR) is 53.8 cm³/mol. The van der Waals surface area contributed by atoms with Gasteiger partial charge < -0.3 is 14.8 Å². The van der Waals surface area contributed by atoms with E-state index in [4.69, 9.17) is 0 Å². The van der Waals surface area contributed by atoms with Crippen LogP contribution in [0.2, 0.25) is 0 Å². The molecule has 1 saturated heterocycles. The normalized spacial score (nSPS) is 18.6. The molecule has 15 heavy (non-hydrogen) atoms. The van der Waals surface area contributed by atoms with Crippen molar-refractivity contribution in [2.45, 2.75) is 39.0 Å². The summed E-state index contributed by atoms with van der Waals surface area (Å²) in [5.74, 6) is -1.11. The zero-order valence-corrected chi connectivity index (χ0v) is 9.20. The number of carboxylic acid groups (broad SMARTS) is 1. The SMILES string of the molecule is C[C@@H](CC(=O)[O-])CC(=O)N1CCCCC1. The molecule has 0 aromatic rings. The summed E-state index contributed by atoms with van der Waals surface area (Å²) in [6, 6.07) is 0. The van der Waals surface area contributed by atoms with E-state index in [1.165, 1.54) is 6.42 Å². The number of likely N-dealkylation sites (tertiary alicyclic amines) is 1. The highest BCUT2D eigenvalue weighted by atomic mass is 16.4. The van der Waals surface area contributed by atoms with Crippen LogP contribution < -0.4 is 5.11 Å². The van der Waals surface area contributed by atoms with Crippen molar-refractivity contribution in [1.82, 2.24) is 4.90 Å². The van der Waals surface area contributed by atoms with Gasteiger partial charge >= 0.3 is 0 Å². The van der Waals surface area contributed by atoms with E-state index in [9.17, 15) is 14.7 Å². The van der Waals surface area contributed by atoms with Crippen molar-refractivity contribution >= 4 is 11.9 Å². The van der Waals surface area contributed by atoms with Crippen molar-refractivity contribution in [1.29, 1.82) is 0 Å². The van der Waals surface area contributed by atoms with Crippen LogP contribution in [-0.4, -0.2) is 29.9 Å². The molecule has 1 atom stereocenters. The van der Waals surface area contributed by atoms with Gasteiger partial charge in [-0.2, -0.15) is 0 Å². The highest BCUT2D eigenvalue weighted by Crippen LogP contribution is 2.14. The molecule has 1 aliphatic heterocycles. The first-order valence-electron chi connectivity index (χ1n) is 5.57. The van der Waals surface area contributed by atoms with E-state index in [1.807, 2.05) is 4.90 Å². The lowest BCUT2D eigenvalue weighted by molar-refractivity contribution is -0.306. The highest BCUT2D eigenvalue weighted by molar-refractivity contribution is 5.77. The largest absolute Gasteiger partial charge is 0.550 e. The van der Waals surface area contributed by atoms with E-state index in [1.54, 1.807) is 6.92 Å². The van der Waals surface area contributed by atoms with Gasteiger partial charge in [-0.15, -0.1) is 0 Å². The Kier molecular flexibility index (Phi) is 4.59. The molecule has 0 aromatic heterocycles. The van der Waals surface area contributed by atoms with Crippen molar-refractivity contribution in [2.75, 3.05) is 13.1 Å². The zero-order valence-electron chi connectivity index (χ0n) is 9.20. The van der Waals surface area contributed by atoms with Crippen LogP contribution >= 0.6 is 0 Å². The third-order valence-corrected chi connectivity index (χ3v) is 2.75. The minimum Gasteiger partial charge on any atom is -0.550 e. The van der Waals surface area contributed by atoms with Gasteiger partial charge in [0.05, 0.1) is 0 Å². The van der Waals surface area contributed by atoms with Gasteiger partial charge in [0.1, 0.15) is 0 Å². The number of carboxylic acids is 1. The van der Waals surface area contributed by atoms with Crippen LogP contribution in [0, 0.1) is 5.92 Å². The Labute approximate surface area is 90.3 Å². The van der Waals surface area contributed by atoms with Gasteiger partial charge in [0.2, 0.25) is 5.91 Å². The van der Waals surface area contributed by atoms with Gasteiger partial charge in [-0.1, -0.05) is 6.92 Å². The van der Waals surface area contributed by atoms with Gasteiger partial charge in [0.15, 0.2) is 0 Å². The number of carbonyl (C=O) groups excluding carboxylic acids is 2. The quantitative estimate of drug-likeness (QED) is 0.667. The summed E-state index contributed by atoms with van der Waals surface area (Å²) in [7, 11) is 0. The van der Waals surface area contributed by atoms with E-state index >= 15 is 0 Å². The molecule has 1 amide bonds. The van der Waals surface area contributed by atoms with Crippen molar-refractivity contribution in [3.63, 3.8) is 0 Å². The van der Waals surface area contributed by atoms with Crippen LogP contribution in [-0.2, 0) is 9.59 Å². The maximum atomic E-state index is 11.7. The van der Waals surface area contributed by atoms with Gasteiger partial charge in [-0.3, -0.25) is 4.79 Å². The number of hydrogen-bond donors (Lipinski definition) is 0. The number of aliphatic carboxylic acids is 1. The first kappa shape index (κ1) is 12.0. The summed E-state index contributed by atoms with van der Waals surface area (Å²) >= 11 is 0. The van der Waals surface area contributed by atoms with Crippen LogP contribution in [0.15, 0.2) is 0 Å². The molecule has 1 fully saturated rings. The maximum absolute atomic E-state index is 11.7. The van der Waals surface area contributed by atoms with E-state index < -0.39 is 5.97 Å². The molecule has 0 radical (unpaired) electrons. The van der Waals surface area contributed by atoms with Crippen molar-refractivity contribution in [3.05, 3.63) is 0 Å². The number of rotatable bonds is 4. The summed E-state index contributed by atoms with van der Waals surface area (Å²) in [6.07, 6.45) is 3.63. The molecule has 0 bridgehead atoms. The van der Waals surface area contributed by atoms with Crippen molar-refractivity contribution in [3.8, 4) is 0 Å². The number of hydrogen-bond acceptors (Lipinski definition) is 3. The van der Waals surface area contributed by atoms with Crippen LogP contribution in [0.4, 0.5) is 0 Å². The fraction of sp³-hybridized carbons (Fsp3) is 0.818. The Balaban J connectivity index is 2.30. The Morgan fingerprint density at radius 2 is 1.80 bits per heavy atom. The molecule has 0 aliphatic carbocycles. The minimum atomic E-state index is -1.08. The molecule has 4 nitrogen and oxygen atoms in total. The lowest BCUT2D eigenvalue weighted by atomic mass is 10.0. The van der Waals surface area contributed by atoms with Gasteiger partial charge in [-0.25, -0.2) is 0 Å². The van der Waals surface area contributed by atoms with E-state index in [-0.39, 0.29) is 18.2 Å². The first-order chi connectivity index (χ1) is 7.09. The second-order valence-corrected chi connectivity index (χ2v) is 4.33. The van der Waals surface area contributed by atoms with Crippen LogP contribution in [0.25, 0.3) is 0 Å². The smallest absolute Gasteiger partial charge is 0.222 e. The summed E-state index contributed by atoms with van der Waals surface area (Å²) in [5.41, 5.74) is 0. The maximum Gasteiger partial charge on any atom is 0.222 e. The van der Waals surface area contributed by atoms with Crippen LogP contribution in [0.5, 0.6) is 0 Å². The van der Waals surface area contributed by atoms with E-state index in [2.05, 4.69) is 0 Å². The monoisotopic (exact) mass is 212 g/mol. The molecule has 1 rings (SSSR count). The number of carbonyl (C=O) groups is 2. The van der Waals surface area contributed by atoms with Crippen LogP contribution in [0.1, 0.15) is 39.0 Å². The number of piperidine rings is 1. The predicted octanol–water partition coefficient (Wildman–Crippen LogP) is 0.165. The average Bonchev–Trinajstić information content (AvgIpc) is 2.17. The fourth-order valence-electron chi connectivity index (χ4n) is 1.93. The van der Waals surface area contributed by atoms with Crippen LogP contribution in [0.3, 0.4) is 0 Å². The molecular formula is C11H18NO3-. The minimum absolute atomic E-state index is 0.0282. The molecule has 0 spiro atoms. The van der Waals surface area contributed by atoms with Crippen molar-refractivity contribution in [2.24, 2.45) is 5.92 Å². The Bertz CT molecular complexity index is 234. The molecule has 1 aliphatic rings. The summed E-state index contributed by atoms with van der Waals surface area (Å²) in [6.45, 7) is 3.44.